The van der Waals surface area contributed by atoms with Crippen LogP contribution in [0.25, 0.3) is 0 Å². The van der Waals surface area contributed by atoms with Gasteiger partial charge in [-0.2, -0.15) is 0 Å². The number of benzene rings is 1. The summed E-state index contributed by atoms with van der Waals surface area (Å²) in [7, 11) is 2.37. The SMILES string of the molecule is CN(CC1CCCCC1)[C@H]1CCC[C@]2(C1)OCCc1ccccc12. The number of hydrogen-bond acceptors (Lipinski definition) is 2. The van der Waals surface area contributed by atoms with Gasteiger partial charge >= 0.3 is 0 Å². The third-order valence-electron chi connectivity index (χ3n) is 6.84. The fourth-order valence-corrected chi connectivity index (χ4v) is 5.50. The van der Waals surface area contributed by atoms with E-state index >= 15 is 0 Å². The Morgan fingerprint density at radius 3 is 2.79 bits per heavy atom. The van der Waals surface area contributed by atoms with Gasteiger partial charge in [0, 0.05) is 12.6 Å². The maximum Gasteiger partial charge on any atom is 0.0949 e. The Bertz CT molecular complexity index is 551. The summed E-state index contributed by atoms with van der Waals surface area (Å²) in [5.74, 6) is 0.932. The van der Waals surface area contributed by atoms with Crippen molar-refractivity contribution in [2.24, 2.45) is 5.92 Å². The molecule has 4 rings (SSSR count). The van der Waals surface area contributed by atoms with Crippen LogP contribution in [0.3, 0.4) is 0 Å². The fraction of sp³-hybridized carbons (Fsp3) is 0.727. The molecule has 2 heteroatoms. The number of rotatable bonds is 3. The van der Waals surface area contributed by atoms with Crippen molar-refractivity contribution in [3.05, 3.63) is 35.4 Å². The maximum absolute atomic E-state index is 6.48. The van der Waals surface area contributed by atoms with Crippen molar-refractivity contribution in [2.75, 3.05) is 20.2 Å². The average molecular weight is 328 g/mol. The molecule has 1 aromatic carbocycles. The van der Waals surface area contributed by atoms with Gasteiger partial charge in [0.2, 0.25) is 0 Å². The molecule has 2 atom stereocenters. The van der Waals surface area contributed by atoms with Crippen molar-refractivity contribution >= 4 is 0 Å². The van der Waals surface area contributed by atoms with Crippen LogP contribution in [0.2, 0.25) is 0 Å². The molecule has 132 valence electrons. The number of ether oxygens (including phenoxy) is 1. The van der Waals surface area contributed by atoms with E-state index in [1.165, 1.54) is 75.5 Å². The summed E-state index contributed by atoms with van der Waals surface area (Å²) in [4.78, 5) is 2.68. The van der Waals surface area contributed by atoms with E-state index in [4.69, 9.17) is 4.74 Å². The number of hydrogen-bond donors (Lipinski definition) is 0. The van der Waals surface area contributed by atoms with E-state index in [2.05, 4.69) is 36.2 Å². The minimum Gasteiger partial charge on any atom is -0.370 e. The molecule has 1 aromatic rings. The normalized spacial score (nSPS) is 31.3. The fourth-order valence-electron chi connectivity index (χ4n) is 5.50. The van der Waals surface area contributed by atoms with Gasteiger partial charge in [0.05, 0.1) is 12.2 Å². The van der Waals surface area contributed by atoms with Crippen molar-refractivity contribution in [1.29, 1.82) is 0 Å². The molecule has 2 aliphatic carbocycles. The first-order valence-electron chi connectivity index (χ1n) is 10.2. The van der Waals surface area contributed by atoms with Gasteiger partial charge < -0.3 is 9.64 Å². The number of fused-ring (bicyclic) bond motifs is 2. The Kier molecular flexibility index (Phi) is 4.96. The molecule has 0 aromatic heterocycles. The second-order valence-corrected chi connectivity index (χ2v) is 8.44. The Balaban J connectivity index is 1.47. The summed E-state index contributed by atoms with van der Waals surface area (Å²) in [6, 6.07) is 9.72. The summed E-state index contributed by atoms with van der Waals surface area (Å²) in [5, 5.41) is 0. The third kappa shape index (κ3) is 3.28. The van der Waals surface area contributed by atoms with E-state index < -0.39 is 0 Å². The van der Waals surface area contributed by atoms with Gasteiger partial charge in [0.15, 0.2) is 0 Å². The molecular formula is C22H33NO. The molecule has 0 radical (unpaired) electrons. The largest absolute Gasteiger partial charge is 0.370 e. The third-order valence-corrected chi connectivity index (χ3v) is 6.84. The first-order chi connectivity index (χ1) is 11.8. The van der Waals surface area contributed by atoms with E-state index in [0.717, 1.165) is 18.9 Å². The Labute approximate surface area is 147 Å². The van der Waals surface area contributed by atoms with E-state index in [1.807, 2.05) is 0 Å². The number of nitrogens with zero attached hydrogens (tertiary/aromatic N) is 1. The molecule has 1 aliphatic heterocycles. The highest BCUT2D eigenvalue weighted by Crippen LogP contribution is 2.45. The van der Waals surface area contributed by atoms with Crippen LogP contribution in [0, 0.1) is 5.92 Å². The smallest absolute Gasteiger partial charge is 0.0949 e. The zero-order valence-electron chi connectivity index (χ0n) is 15.3. The minimum absolute atomic E-state index is 0.00140. The Hall–Kier alpha value is -0.860. The molecule has 1 heterocycles. The summed E-state index contributed by atoms with van der Waals surface area (Å²) in [6.07, 6.45) is 13.4. The predicted molar refractivity (Wildman–Crippen MR) is 99.2 cm³/mol. The van der Waals surface area contributed by atoms with Crippen LogP contribution < -0.4 is 0 Å². The van der Waals surface area contributed by atoms with E-state index in [0.29, 0.717) is 6.04 Å². The van der Waals surface area contributed by atoms with Crippen molar-refractivity contribution in [3.63, 3.8) is 0 Å². The molecule has 2 fully saturated rings. The van der Waals surface area contributed by atoms with Crippen LogP contribution in [0.4, 0.5) is 0 Å². The van der Waals surface area contributed by atoms with Gasteiger partial charge in [-0.05, 0) is 69.0 Å². The first kappa shape index (κ1) is 16.6. The second kappa shape index (κ2) is 7.17. The van der Waals surface area contributed by atoms with Crippen LogP contribution in [-0.2, 0) is 16.8 Å². The molecular weight excluding hydrogens is 294 g/mol. The molecule has 1 spiro atoms. The zero-order valence-corrected chi connectivity index (χ0v) is 15.3. The van der Waals surface area contributed by atoms with Crippen molar-refractivity contribution in [3.8, 4) is 0 Å². The molecule has 0 unspecified atom stereocenters. The standard InChI is InChI=1S/C22H33NO/c1-23(17-18-8-3-2-4-9-18)20-11-7-14-22(16-20)21-12-6-5-10-19(21)13-15-24-22/h5-6,10,12,18,20H,2-4,7-9,11,13-17H2,1H3/t20-,22+/m0/s1. The van der Waals surface area contributed by atoms with Crippen molar-refractivity contribution in [1.82, 2.24) is 4.90 Å². The van der Waals surface area contributed by atoms with Gasteiger partial charge in [-0.1, -0.05) is 43.5 Å². The molecule has 2 nitrogen and oxygen atoms in total. The quantitative estimate of drug-likeness (QED) is 0.782. The average Bonchev–Trinajstić information content (AvgIpc) is 2.63. The van der Waals surface area contributed by atoms with Crippen LogP contribution in [0.1, 0.15) is 68.9 Å². The molecule has 3 aliphatic rings. The highest BCUT2D eigenvalue weighted by Gasteiger charge is 2.43. The lowest BCUT2D eigenvalue weighted by Crippen LogP contribution is -2.47. The van der Waals surface area contributed by atoms with Crippen LogP contribution >= 0.6 is 0 Å². The lowest BCUT2D eigenvalue weighted by atomic mass is 9.73. The maximum atomic E-state index is 6.48. The minimum atomic E-state index is -0.00140. The lowest BCUT2D eigenvalue weighted by Gasteiger charge is -2.47. The van der Waals surface area contributed by atoms with Crippen LogP contribution in [0.15, 0.2) is 24.3 Å². The summed E-state index contributed by atoms with van der Waals surface area (Å²) >= 11 is 0. The zero-order chi connectivity index (χ0) is 16.4. The van der Waals surface area contributed by atoms with E-state index in [9.17, 15) is 0 Å². The van der Waals surface area contributed by atoms with Crippen molar-refractivity contribution < 1.29 is 4.74 Å². The van der Waals surface area contributed by atoms with Crippen LogP contribution in [0.5, 0.6) is 0 Å². The summed E-state index contributed by atoms with van der Waals surface area (Å²) in [6.45, 7) is 2.19. The predicted octanol–water partition coefficient (Wildman–Crippen LogP) is 4.91. The first-order valence-corrected chi connectivity index (χ1v) is 10.2. The van der Waals surface area contributed by atoms with Crippen molar-refractivity contribution in [2.45, 2.75) is 75.9 Å². The summed E-state index contributed by atoms with van der Waals surface area (Å²) < 4.78 is 6.48. The Morgan fingerprint density at radius 1 is 1.08 bits per heavy atom. The molecule has 0 amide bonds. The highest BCUT2D eigenvalue weighted by atomic mass is 16.5. The van der Waals surface area contributed by atoms with Gasteiger partial charge in [0.1, 0.15) is 0 Å². The van der Waals surface area contributed by atoms with Gasteiger partial charge in [0.25, 0.3) is 0 Å². The van der Waals surface area contributed by atoms with Crippen LogP contribution in [-0.4, -0.2) is 31.1 Å². The molecule has 2 saturated carbocycles. The van der Waals surface area contributed by atoms with E-state index in [-0.39, 0.29) is 5.60 Å². The highest BCUT2D eigenvalue weighted by molar-refractivity contribution is 5.35. The summed E-state index contributed by atoms with van der Waals surface area (Å²) in [5.41, 5.74) is 3.02. The lowest BCUT2D eigenvalue weighted by molar-refractivity contribution is -0.103. The van der Waals surface area contributed by atoms with Gasteiger partial charge in [-0.25, -0.2) is 0 Å². The monoisotopic (exact) mass is 327 g/mol. The van der Waals surface area contributed by atoms with Gasteiger partial charge in [-0.15, -0.1) is 0 Å². The molecule has 24 heavy (non-hydrogen) atoms. The molecule has 0 bridgehead atoms. The Morgan fingerprint density at radius 2 is 1.92 bits per heavy atom. The second-order valence-electron chi connectivity index (χ2n) is 8.44. The molecule has 0 N–H and O–H groups in total. The van der Waals surface area contributed by atoms with E-state index in [1.54, 1.807) is 0 Å². The topological polar surface area (TPSA) is 12.5 Å². The van der Waals surface area contributed by atoms with Gasteiger partial charge in [-0.3, -0.25) is 0 Å². The molecule has 0 saturated heterocycles.